The minimum absolute atomic E-state index is 0.308. The summed E-state index contributed by atoms with van der Waals surface area (Å²) in [6.07, 6.45) is 0.747. The Morgan fingerprint density at radius 3 is 2.65 bits per heavy atom. The van der Waals surface area contributed by atoms with Gasteiger partial charge in [-0.05, 0) is 43.2 Å². The molecule has 2 aromatic rings. The molecule has 1 aromatic heterocycles. The monoisotopic (exact) mass is 232 g/mol. The smallest absolute Gasteiger partial charge is 0.125 e. The summed E-state index contributed by atoms with van der Waals surface area (Å²) in [4.78, 5) is 8.13. The summed E-state index contributed by atoms with van der Waals surface area (Å²) in [6.45, 7) is 3.52. The Morgan fingerprint density at radius 2 is 2.00 bits per heavy atom. The topological polar surface area (TPSA) is 46.0 Å². The fourth-order valence-corrected chi connectivity index (χ4v) is 1.73. The molecule has 0 spiro atoms. The first-order chi connectivity index (χ1) is 8.08. The van der Waals surface area contributed by atoms with E-state index >= 15 is 0 Å². The molecule has 1 N–H and O–H groups in total. The van der Waals surface area contributed by atoms with Crippen LogP contribution in [0, 0.1) is 19.7 Å². The van der Waals surface area contributed by atoms with E-state index in [1.807, 2.05) is 0 Å². The Morgan fingerprint density at radius 1 is 1.24 bits per heavy atom. The SMILES string of the molecule is Cc1nccc(C(O)c2ccc(F)cc2C)n1. The molecule has 0 saturated heterocycles. The first-order valence-corrected chi connectivity index (χ1v) is 5.31. The van der Waals surface area contributed by atoms with Gasteiger partial charge < -0.3 is 5.11 Å². The highest BCUT2D eigenvalue weighted by Gasteiger charge is 2.14. The molecule has 0 bridgehead atoms. The maximum Gasteiger partial charge on any atom is 0.125 e. The fourth-order valence-electron chi connectivity index (χ4n) is 1.73. The van der Waals surface area contributed by atoms with Crippen molar-refractivity contribution in [3.8, 4) is 0 Å². The number of aliphatic hydroxyl groups excluding tert-OH is 1. The number of aromatic nitrogens is 2. The fraction of sp³-hybridized carbons (Fsp3) is 0.231. The first kappa shape index (κ1) is 11.7. The van der Waals surface area contributed by atoms with Gasteiger partial charge in [0.2, 0.25) is 0 Å². The summed E-state index contributed by atoms with van der Waals surface area (Å²) in [6, 6.07) is 5.96. The van der Waals surface area contributed by atoms with Crippen molar-refractivity contribution in [1.29, 1.82) is 0 Å². The van der Waals surface area contributed by atoms with Crippen LogP contribution in [0.25, 0.3) is 0 Å². The summed E-state index contributed by atoms with van der Waals surface area (Å²) >= 11 is 0. The van der Waals surface area contributed by atoms with E-state index < -0.39 is 6.10 Å². The minimum atomic E-state index is -0.850. The van der Waals surface area contributed by atoms with Gasteiger partial charge in [-0.25, -0.2) is 14.4 Å². The summed E-state index contributed by atoms with van der Waals surface area (Å²) in [5.41, 5.74) is 1.88. The molecule has 0 radical (unpaired) electrons. The van der Waals surface area contributed by atoms with Gasteiger partial charge in [0, 0.05) is 6.20 Å². The molecule has 0 aliphatic heterocycles. The molecule has 1 unspecified atom stereocenters. The first-order valence-electron chi connectivity index (χ1n) is 5.31. The van der Waals surface area contributed by atoms with Crippen molar-refractivity contribution in [1.82, 2.24) is 9.97 Å². The molecular weight excluding hydrogens is 219 g/mol. The van der Waals surface area contributed by atoms with Gasteiger partial charge in [-0.2, -0.15) is 0 Å². The number of nitrogens with zero attached hydrogens (tertiary/aromatic N) is 2. The summed E-state index contributed by atoms with van der Waals surface area (Å²) in [5, 5.41) is 10.2. The molecule has 1 aromatic carbocycles. The lowest BCUT2D eigenvalue weighted by atomic mass is 10.0. The summed E-state index contributed by atoms with van der Waals surface area (Å²) in [7, 11) is 0. The molecule has 0 saturated carbocycles. The van der Waals surface area contributed by atoms with Gasteiger partial charge in [0.15, 0.2) is 0 Å². The molecule has 1 heterocycles. The van der Waals surface area contributed by atoms with E-state index in [1.165, 1.54) is 12.1 Å². The van der Waals surface area contributed by atoms with Crippen LogP contribution in [0.15, 0.2) is 30.5 Å². The van der Waals surface area contributed by atoms with Crippen molar-refractivity contribution < 1.29 is 9.50 Å². The number of benzene rings is 1. The Kier molecular flexibility index (Phi) is 3.15. The van der Waals surface area contributed by atoms with E-state index in [1.54, 1.807) is 32.2 Å². The van der Waals surface area contributed by atoms with Crippen LogP contribution >= 0.6 is 0 Å². The number of hydrogen-bond acceptors (Lipinski definition) is 3. The lowest BCUT2D eigenvalue weighted by Gasteiger charge is -2.13. The van der Waals surface area contributed by atoms with Gasteiger partial charge in [-0.1, -0.05) is 6.07 Å². The number of halogens is 1. The molecule has 2 rings (SSSR count). The number of aryl methyl sites for hydroxylation is 2. The highest BCUT2D eigenvalue weighted by molar-refractivity contribution is 5.32. The molecule has 88 valence electrons. The molecule has 0 fully saturated rings. The molecule has 0 amide bonds. The Bertz CT molecular complexity index is 543. The minimum Gasteiger partial charge on any atom is -0.382 e. The number of hydrogen-bond donors (Lipinski definition) is 1. The zero-order chi connectivity index (χ0) is 12.4. The lowest BCUT2D eigenvalue weighted by molar-refractivity contribution is 0.214. The second kappa shape index (κ2) is 4.59. The summed E-state index contributed by atoms with van der Waals surface area (Å²) < 4.78 is 13.0. The third-order valence-corrected chi connectivity index (χ3v) is 2.60. The standard InChI is InChI=1S/C13H13FN2O/c1-8-7-10(14)3-4-11(8)13(17)12-5-6-15-9(2)16-12/h3-7,13,17H,1-2H3. The number of aliphatic hydroxyl groups is 1. The number of rotatable bonds is 2. The quantitative estimate of drug-likeness (QED) is 0.864. The third kappa shape index (κ3) is 2.47. The van der Waals surface area contributed by atoms with Gasteiger partial charge in [0.1, 0.15) is 17.7 Å². The van der Waals surface area contributed by atoms with Crippen molar-refractivity contribution in [3.05, 3.63) is 58.9 Å². The van der Waals surface area contributed by atoms with Gasteiger partial charge in [0.25, 0.3) is 0 Å². The maximum absolute atomic E-state index is 13.0. The second-order valence-corrected chi connectivity index (χ2v) is 3.93. The predicted molar refractivity (Wildman–Crippen MR) is 62.0 cm³/mol. The molecular formula is C13H13FN2O. The van der Waals surface area contributed by atoms with Crippen LogP contribution < -0.4 is 0 Å². The van der Waals surface area contributed by atoms with Crippen LogP contribution in [-0.4, -0.2) is 15.1 Å². The van der Waals surface area contributed by atoms with Gasteiger partial charge in [0.05, 0.1) is 5.69 Å². The molecule has 3 nitrogen and oxygen atoms in total. The molecule has 17 heavy (non-hydrogen) atoms. The van der Waals surface area contributed by atoms with Gasteiger partial charge >= 0.3 is 0 Å². The van der Waals surface area contributed by atoms with Crippen LogP contribution in [0.2, 0.25) is 0 Å². The van der Waals surface area contributed by atoms with Crippen molar-refractivity contribution in [2.75, 3.05) is 0 Å². The second-order valence-electron chi connectivity index (χ2n) is 3.93. The van der Waals surface area contributed by atoms with E-state index in [0.29, 0.717) is 22.6 Å². The van der Waals surface area contributed by atoms with Gasteiger partial charge in [-0.15, -0.1) is 0 Å². The third-order valence-electron chi connectivity index (χ3n) is 2.60. The Hall–Kier alpha value is -1.81. The van der Waals surface area contributed by atoms with E-state index in [0.717, 1.165) is 0 Å². The molecule has 1 atom stereocenters. The molecule has 0 aliphatic carbocycles. The Balaban J connectivity index is 2.40. The Labute approximate surface area is 99.0 Å². The van der Waals surface area contributed by atoms with Crippen LogP contribution in [0.3, 0.4) is 0 Å². The van der Waals surface area contributed by atoms with E-state index in [4.69, 9.17) is 0 Å². The van der Waals surface area contributed by atoms with Crippen molar-refractivity contribution in [2.24, 2.45) is 0 Å². The predicted octanol–water partition coefficient (Wildman–Crippen LogP) is 2.31. The normalized spacial score (nSPS) is 12.5. The average Bonchev–Trinajstić information content (AvgIpc) is 2.28. The zero-order valence-electron chi connectivity index (χ0n) is 9.68. The summed E-state index contributed by atoms with van der Waals surface area (Å²) in [5.74, 6) is 0.290. The zero-order valence-corrected chi connectivity index (χ0v) is 9.68. The largest absolute Gasteiger partial charge is 0.382 e. The highest BCUT2D eigenvalue weighted by Crippen LogP contribution is 2.23. The highest BCUT2D eigenvalue weighted by atomic mass is 19.1. The van der Waals surface area contributed by atoms with Crippen LogP contribution in [0.5, 0.6) is 0 Å². The van der Waals surface area contributed by atoms with Gasteiger partial charge in [-0.3, -0.25) is 0 Å². The molecule has 4 heteroatoms. The maximum atomic E-state index is 13.0. The lowest BCUT2D eigenvalue weighted by Crippen LogP contribution is -2.06. The van der Waals surface area contributed by atoms with Crippen molar-refractivity contribution >= 4 is 0 Å². The van der Waals surface area contributed by atoms with Crippen LogP contribution in [0.1, 0.15) is 28.7 Å². The van der Waals surface area contributed by atoms with Crippen molar-refractivity contribution in [2.45, 2.75) is 20.0 Å². The van der Waals surface area contributed by atoms with E-state index in [9.17, 15) is 9.50 Å². The van der Waals surface area contributed by atoms with Crippen LogP contribution in [0.4, 0.5) is 4.39 Å². The van der Waals surface area contributed by atoms with Crippen LogP contribution in [-0.2, 0) is 0 Å². The van der Waals surface area contributed by atoms with Crippen molar-refractivity contribution in [3.63, 3.8) is 0 Å². The molecule has 0 aliphatic rings. The van der Waals surface area contributed by atoms with E-state index in [2.05, 4.69) is 9.97 Å². The van der Waals surface area contributed by atoms with E-state index in [-0.39, 0.29) is 5.82 Å². The average molecular weight is 232 g/mol.